The van der Waals surface area contributed by atoms with Crippen molar-refractivity contribution in [2.45, 2.75) is 37.1 Å². The van der Waals surface area contributed by atoms with Gasteiger partial charge in [0.05, 0.1) is 24.9 Å². The van der Waals surface area contributed by atoms with Crippen LogP contribution in [-0.4, -0.2) is 51.0 Å². The van der Waals surface area contributed by atoms with Crippen molar-refractivity contribution in [2.75, 3.05) is 6.61 Å². The summed E-state index contributed by atoms with van der Waals surface area (Å²) in [4.78, 5) is 3.73. The zero-order chi connectivity index (χ0) is 15.8. The van der Waals surface area contributed by atoms with Crippen LogP contribution in [0.4, 0.5) is 4.39 Å². The Morgan fingerprint density at radius 2 is 2.35 bits per heavy atom. The minimum absolute atomic E-state index is 0.270. The van der Waals surface area contributed by atoms with E-state index in [1.54, 1.807) is 29.2 Å². The Bertz CT molecular complexity index is 669. The fraction of sp³-hybridized carbons (Fsp3) is 0.467. The van der Waals surface area contributed by atoms with Gasteiger partial charge in [-0.3, -0.25) is 9.67 Å². The van der Waals surface area contributed by atoms with E-state index >= 15 is 0 Å². The summed E-state index contributed by atoms with van der Waals surface area (Å²) >= 11 is 0. The molecular weight excluding hydrogens is 303 g/mol. The number of pyridine rings is 1. The molecule has 2 saturated heterocycles. The SMILES string of the molecule is OC1C(NCc2ccncc2F)C2COC(O2)C1n1cccn1. The molecule has 0 aromatic carbocycles. The number of ether oxygens (including phenoxy) is 2. The topological polar surface area (TPSA) is 81.4 Å². The predicted octanol–water partition coefficient (Wildman–Crippen LogP) is 0.233. The van der Waals surface area contributed by atoms with E-state index in [1.807, 2.05) is 0 Å². The van der Waals surface area contributed by atoms with Crippen LogP contribution in [0.5, 0.6) is 0 Å². The molecule has 23 heavy (non-hydrogen) atoms. The molecule has 2 N–H and O–H groups in total. The van der Waals surface area contributed by atoms with Crippen LogP contribution in [0.1, 0.15) is 11.6 Å². The number of rotatable bonds is 4. The number of nitrogens with zero attached hydrogens (tertiary/aromatic N) is 3. The van der Waals surface area contributed by atoms with Gasteiger partial charge in [-0.25, -0.2) is 4.39 Å². The van der Waals surface area contributed by atoms with Crippen LogP contribution in [0.15, 0.2) is 36.9 Å². The highest BCUT2D eigenvalue weighted by atomic mass is 19.1. The number of nitrogens with one attached hydrogen (secondary N) is 1. The molecule has 4 heterocycles. The molecule has 2 aromatic rings. The van der Waals surface area contributed by atoms with Gasteiger partial charge in [0, 0.05) is 30.7 Å². The maximum atomic E-state index is 13.7. The van der Waals surface area contributed by atoms with E-state index in [4.69, 9.17) is 9.47 Å². The Morgan fingerprint density at radius 3 is 3.13 bits per heavy atom. The van der Waals surface area contributed by atoms with Crippen LogP contribution >= 0.6 is 0 Å². The number of hydrogen-bond donors (Lipinski definition) is 2. The van der Waals surface area contributed by atoms with Crippen LogP contribution < -0.4 is 5.32 Å². The van der Waals surface area contributed by atoms with Gasteiger partial charge in [0.25, 0.3) is 0 Å². The zero-order valence-electron chi connectivity index (χ0n) is 12.2. The van der Waals surface area contributed by atoms with Gasteiger partial charge in [-0.1, -0.05) is 0 Å². The largest absolute Gasteiger partial charge is 0.389 e. The first kappa shape index (κ1) is 14.7. The van der Waals surface area contributed by atoms with Crippen molar-refractivity contribution in [3.63, 3.8) is 0 Å². The molecule has 4 rings (SSSR count). The van der Waals surface area contributed by atoms with E-state index < -0.39 is 18.4 Å². The molecule has 5 unspecified atom stereocenters. The van der Waals surface area contributed by atoms with Crippen molar-refractivity contribution in [1.82, 2.24) is 20.1 Å². The van der Waals surface area contributed by atoms with Gasteiger partial charge >= 0.3 is 0 Å². The lowest BCUT2D eigenvalue weighted by atomic mass is 9.96. The van der Waals surface area contributed by atoms with Gasteiger partial charge in [0.1, 0.15) is 18.0 Å². The summed E-state index contributed by atoms with van der Waals surface area (Å²) in [6, 6.07) is 2.57. The van der Waals surface area contributed by atoms with E-state index in [1.165, 1.54) is 12.4 Å². The fourth-order valence-electron chi connectivity index (χ4n) is 3.17. The van der Waals surface area contributed by atoms with Gasteiger partial charge in [-0.05, 0) is 12.1 Å². The second-order valence-electron chi connectivity index (χ2n) is 5.72. The summed E-state index contributed by atoms with van der Waals surface area (Å²) in [6.45, 7) is 0.655. The molecule has 7 nitrogen and oxygen atoms in total. The monoisotopic (exact) mass is 320 g/mol. The molecule has 2 bridgehead atoms. The molecule has 5 atom stereocenters. The maximum absolute atomic E-state index is 13.7. The van der Waals surface area contributed by atoms with Gasteiger partial charge in [0.15, 0.2) is 6.29 Å². The third-order valence-corrected chi connectivity index (χ3v) is 4.35. The second kappa shape index (κ2) is 5.97. The Balaban J connectivity index is 1.52. The van der Waals surface area contributed by atoms with Gasteiger partial charge in [-0.2, -0.15) is 5.10 Å². The second-order valence-corrected chi connectivity index (χ2v) is 5.72. The van der Waals surface area contributed by atoms with E-state index in [0.717, 1.165) is 0 Å². The smallest absolute Gasteiger partial charge is 0.183 e. The minimum Gasteiger partial charge on any atom is -0.389 e. The number of fused-ring (bicyclic) bond motifs is 2. The highest BCUT2D eigenvalue weighted by Gasteiger charge is 2.51. The Kier molecular flexibility index (Phi) is 3.82. The molecule has 2 aliphatic rings. The minimum atomic E-state index is -0.758. The highest BCUT2D eigenvalue weighted by molar-refractivity contribution is 5.13. The highest BCUT2D eigenvalue weighted by Crippen LogP contribution is 2.35. The number of aliphatic hydroxyl groups is 1. The van der Waals surface area contributed by atoms with Crippen molar-refractivity contribution >= 4 is 0 Å². The lowest BCUT2D eigenvalue weighted by Gasteiger charge is -2.38. The standard InChI is InChI=1S/C15H17FN4O3/c16-10-7-17-4-2-9(10)6-18-12-11-8-22-15(23-11)13(14(12)21)20-5-1-3-19-20/h1-5,7,11-15,18,21H,6,8H2. The average Bonchev–Trinajstić information content (AvgIpc) is 3.21. The van der Waals surface area contributed by atoms with Crippen molar-refractivity contribution in [3.8, 4) is 0 Å². The molecule has 2 aliphatic heterocycles. The molecule has 0 amide bonds. The normalized spacial score (nSPS) is 33.0. The Labute approximate surface area is 132 Å². The molecule has 2 aromatic heterocycles. The summed E-state index contributed by atoms with van der Waals surface area (Å²) in [7, 11) is 0. The molecule has 122 valence electrons. The van der Waals surface area contributed by atoms with Gasteiger partial charge in [0.2, 0.25) is 0 Å². The van der Waals surface area contributed by atoms with Crippen molar-refractivity contribution in [1.29, 1.82) is 0 Å². The fourth-order valence-corrected chi connectivity index (χ4v) is 3.17. The summed E-state index contributed by atoms with van der Waals surface area (Å²) in [5, 5.41) is 18.1. The Hall–Kier alpha value is -1.87. The first-order valence-corrected chi connectivity index (χ1v) is 7.50. The molecule has 0 aliphatic carbocycles. The van der Waals surface area contributed by atoms with Gasteiger partial charge in [-0.15, -0.1) is 0 Å². The molecule has 8 heteroatoms. The number of aliphatic hydroxyl groups excluding tert-OH is 1. The number of halogens is 1. The van der Waals surface area contributed by atoms with Crippen LogP contribution in [0.3, 0.4) is 0 Å². The molecule has 0 spiro atoms. The van der Waals surface area contributed by atoms with Crippen LogP contribution in [0, 0.1) is 5.82 Å². The lowest BCUT2D eigenvalue weighted by molar-refractivity contribution is -0.168. The van der Waals surface area contributed by atoms with Crippen molar-refractivity contribution in [3.05, 3.63) is 48.3 Å². The third kappa shape index (κ3) is 2.63. The maximum Gasteiger partial charge on any atom is 0.183 e. The third-order valence-electron chi connectivity index (χ3n) is 4.35. The number of hydrogen-bond acceptors (Lipinski definition) is 6. The first-order chi connectivity index (χ1) is 11.2. The van der Waals surface area contributed by atoms with Crippen molar-refractivity contribution in [2.24, 2.45) is 0 Å². The quantitative estimate of drug-likeness (QED) is 0.839. The van der Waals surface area contributed by atoms with Crippen molar-refractivity contribution < 1.29 is 19.0 Å². The van der Waals surface area contributed by atoms with Gasteiger partial charge < -0.3 is 19.9 Å². The zero-order valence-corrected chi connectivity index (χ0v) is 12.2. The van der Waals surface area contributed by atoms with E-state index in [0.29, 0.717) is 12.2 Å². The first-order valence-electron chi connectivity index (χ1n) is 7.50. The summed E-state index contributed by atoms with van der Waals surface area (Å²) in [5.74, 6) is -0.379. The lowest BCUT2D eigenvalue weighted by Crippen LogP contribution is -2.57. The van der Waals surface area contributed by atoms with E-state index in [-0.39, 0.29) is 24.5 Å². The molecule has 0 radical (unpaired) electrons. The number of aromatic nitrogens is 3. The predicted molar refractivity (Wildman–Crippen MR) is 76.7 cm³/mol. The van der Waals surface area contributed by atoms with E-state index in [2.05, 4.69) is 15.4 Å². The molecule has 0 saturated carbocycles. The summed E-state index contributed by atoms with van der Waals surface area (Å²) < 4.78 is 26.8. The molecular formula is C15H17FN4O3. The Morgan fingerprint density at radius 1 is 1.43 bits per heavy atom. The van der Waals surface area contributed by atoms with Crippen LogP contribution in [0.25, 0.3) is 0 Å². The summed E-state index contributed by atoms with van der Waals surface area (Å²) in [5.41, 5.74) is 0.490. The molecule has 2 fully saturated rings. The van der Waals surface area contributed by atoms with Crippen LogP contribution in [0.2, 0.25) is 0 Å². The summed E-state index contributed by atoms with van der Waals surface area (Å²) in [6.07, 6.45) is 4.56. The van der Waals surface area contributed by atoms with Crippen LogP contribution in [-0.2, 0) is 16.0 Å². The van der Waals surface area contributed by atoms with E-state index in [9.17, 15) is 9.50 Å². The average molecular weight is 320 g/mol.